The van der Waals surface area contributed by atoms with Crippen LogP contribution in [-0.2, 0) is 0 Å². The minimum absolute atomic E-state index is 0.673. The Morgan fingerprint density at radius 1 is 1.00 bits per heavy atom. The van der Waals surface area contributed by atoms with Gasteiger partial charge in [-0.25, -0.2) is 14.6 Å². The number of aromatic nitrogens is 6. The number of anilines is 2. The first-order chi connectivity index (χ1) is 12.8. The van der Waals surface area contributed by atoms with Crippen LogP contribution in [-0.4, -0.2) is 56.1 Å². The van der Waals surface area contributed by atoms with Gasteiger partial charge in [-0.1, -0.05) is 11.3 Å². The Labute approximate surface area is 155 Å². The van der Waals surface area contributed by atoms with E-state index in [0.29, 0.717) is 5.92 Å². The zero-order valence-corrected chi connectivity index (χ0v) is 15.4. The maximum absolute atomic E-state index is 4.63. The van der Waals surface area contributed by atoms with Crippen molar-refractivity contribution < 1.29 is 0 Å². The number of rotatable bonds is 4. The van der Waals surface area contributed by atoms with Gasteiger partial charge in [0.2, 0.25) is 5.13 Å². The Hall–Kier alpha value is -2.55. The zero-order valence-electron chi connectivity index (χ0n) is 14.6. The molecule has 0 radical (unpaired) electrons. The third-order valence-electron chi connectivity index (χ3n) is 4.78. The number of nitrogens with zero attached hydrogens (tertiary/aromatic N) is 8. The lowest BCUT2D eigenvalue weighted by Crippen LogP contribution is -2.47. The average molecular weight is 368 g/mol. The summed E-state index contributed by atoms with van der Waals surface area (Å²) in [6, 6.07) is 3.90. The number of hydrogen-bond donors (Lipinski definition) is 0. The highest BCUT2D eigenvalue weighted by molar-refractivity contribution is 7.15. The second-order valence-electron chi connectivity index (χ2n) is 6.75. The van der Waals surface area contributed by atoms with Crippen molar-refractivity contribution in [2.45, 2.75) is 25.7 Å². The highest BCUT2D eigenvalue weighted by Crippen LogP contribution is 2.42. The van der Waals surface area contributed by atoms with Gasteiger partial charge in [-0.2, -0.15) is 5.10 Å². The van der Waals surface area contributed by atoms with Crippen molar-refractivity contribution in [2.24, 2.45) is 0 Å². The van der Waals surface area contributed by atoms with Gasteiger partial charge in [0.05, 0.1) is 0 Å². The topological polar surface area (TPSA) is 75.9 Å². The molecule has 9 heteroatoms. The van der Waals surface area contributed by atoms with Crippen molar-refractivity contribution in [1.29, 1.82) is 0 Å². The molecule has 3 aromatic heterocycles. The summed E-state index contributed by atoms with van der Waals surface area (Å²) >= 11 is 1.76. The fourth-order valence-corrected chi connectivity index (χ4v) is 4.26. The lowest BCUT2D eigenvalue weighted by Gasteiger charge is -2.35. The fraction of sp³-hybridized carbons (Fsp3) is 0.471. The standard InChI is InChI=1S/C17H20N8S/c1-12-19-14(11-15(20-12)25-6-2-5-18-25)23-7-9-24(10-8-23)17-22-21-16(26-17)13-3-4-13/h2,5-6,11,13H,3-4,7-10H2,1H3. The molecule has 2 aliphatic rings. The van der Waals surface area contributed by atoms with Crippen LogP contribution in [0.3, 0.4) is 0 Å². The van der Waals surface area contributed by atoms with E-state index in [2.05, 4.69) is 35.1 Å². The first-order valence-electron chi connectivity index (χ1n) is 8.95. The van der Waals surface area contributed by atoms with Crippen molar-refractivity contribution >= 4 is 22.3 Å². The molecule has 0 bridgehead atoms. The predicted molar refractivity (Wildman–Crippen MR) is 100 cm³/mol. The zero-order chi connectivity index (χ0) is 17.5. The van der Waals surface area contributed by atoms with Crippen LogP contribution in [0, 0.1) is 6.92 Å². The molecule has 2 fully saturated rings. The summed E-state index contributed by atoms with van der Waals surface area (Å²) in [6.45, 7) is 5.60. The van der Waals surface area contributed by atoms with Gasteiger partial charge in [-0.05, 0) is 25.8 Å². The summed E-state index contributed by atoms with van der Waals surface area (Å²) < 4.78 is 1.77. The van der Waals surface area contributed by atoms with E-state index in [4.69, 9.17) is 0 Å². The summed E-state index contributed by atoms with van der Waals surface area (Å²) in [5, 5.41) is 15.3. The molecule has 0 aromatic carbocycles. The van der Waals surface area contributed by atoms with Crippen LogP contribution < -0.4 is 9.80 Å². The molecule has 4 heterocycles. The molecule has 1 aliphatic heterocycles. The number of piperazine rings is 1. The summed E-state index contributed by atoms with van der Waals surface area (Å²) in [7, 11) is 0. The van der Waals surface area contributed by atoms with E-state index in [1.165, 1.54) is 17.8 Å². The van der Waals surface area contributed by atoms with Crippen LogP contribution in [0.2, 0.25) is 0 Å². The molecule has 1 aliphatic carbocycles. The Morgan fingerprint density at radius 3 is 2.50 bits per heavy atom. The molecular formula is C17H20N8S. The van der Waals surface area contributed by atoms with Gasteiger partial charge in [0.25, 0.3) is 0 Å². The molecule has 1 saturated carbocycles. The van der Waals surface area contributed by atoms with Crippen molar-refractivity contribution in [3.63, 3.8) is 0 Å². The van der Waals surface area contributed by atoms with Gasteiger partial charge in [0.1, 0.15) is 16.6 Å². The molecule has 8 nitrogen and oxygen atoms in total. The van der Waals surface area contributed by atoms with E-state index in [0.717, 1.165) is 48.8 Å². The van der Waals surface area contributed by atoms with E-state index in [-0.39, 0.29) is 0 Å². The normalized spacial score (nSPS) is 17.7. The molecule has 0 atom stereocenters. The van der Waals surface area contributed by atoms with Crippen LogP contribution >= 0.6 is 11.3 Å². The number of aryl methyl sites for hydroxylation is 1. The molecular weight excluding hydrogens is 348 g/mol. The smallest absolute Gasteiger partial charge is 0.208 e. The minimum atomic E-state index is 0.673. The molecule has 0 unspecified atom stereocenters. The Morgan fingerprint density at radius 2 is 1.77 bits per heavy atom. The van der Waals surface area contributed by atoms with Crippen LogP contribution in [0.5, 0.6) is 0 Å². The van der Waals surface area contributed by atoms with Gasteiger partial charge in [0.15, 0.2) is 5.82 Å². The Balaban J connectivity index is 1.30. The second kappa shape index (κ2) is 6.31. The maximum Gasteiger partial charge on any atom is 0.208 e. The molecule has 0 spiro atoms. The molecule has 5 rings (SSSR count). The SMILES string of the molecule is Cc1nc(N2CCN(c3nnc(C4CC4)s3)CC2)cc(-n2cccn2)n1. The minimum Gasteiger partial charge on any atom is -0.353 e. The van der Waals surface area contributed by atoms with Crippen molar-refractivity contribution in [1.82, 2.24) is 29.9 Å². The summed E-state index contributed by atoms with van der Waals surface area (Å²) in [5.74, 6) is 3.19. The molecule has 3 aromatic rings. The largest absolute Gasteiger partial charge is 0.353 e. The summed E-state index contributed by atoms with van der Waals surface area (Å²) in [4.78, 5) is 13.8. The average Bonchev–Trinajstić information content (AvgIpc) is 3.17. The summed E-state index contributed by atoms with van der Waals surface area (Å²) in [6.07, 6.45) is 6.20. The van der Waals surface area contributed by atoms with E-state index in [1.54, 1.807) is 22.2 Å². The Kier molecular flexibility index (Phi) is 3.81. The van der Waals surface area contributed by atoms with Crippen LogP contribution in [0.4, 0.5) is 10.9 Å². The van der Waals surface area contributed by atoms with Crippen LogP contribution in [0.15, 0.2) is 24.5 Å². The van der Waals surface area contributed by atoms with Gasteiger partial charge >= 0.3 is 0 Å². The third-order valence-corrected chi connectivity index (χ3v) is 5.93. The molecule has 0 amide bonds. The quantitative estimate of drug-likeness (QED) is 0.697. The highest BCUT2D eigenvalue weighted by atomic mass is 32.1. The summed E-state index contributed by atoms with van der Waals surface area (Å²) in [5.41, 5.74) is 0. The van der Waals surface area contributed by atoms with Crippen LogP contribution in [0.25, 0.3) is 5.82 Å². The van der Waals surface area contributed by atoms with Crippen molar-refractivity contribution in [3.05, 3.63) is 35.4 Å². The first-order valence-corrected chi connectivity index (χ1v) is 9.77. The first kappa shape index (κ1) is 15.7. The monoisotopic (exact) mass is 368 g/mol. The van der Waals surface area contributed by atoms with E-state index in [9.17, 15) is 0 Å². The predicted octanol–water partition coefficient (Wildman–Crippen LogP) is 2.03. The second-order valence-corrected chi connectivity index (χ2v) is 7.74. The molecule has 0 N–H and O–H groups in total. The fourth-order valence-electron chi connectivity index (χ4n) is 3.20. The lowest BCUT2D eigenvalue weighted by atomic mass is 10.3. The van der Waals surface area contributed by atoms with Crippen molar-refractivity contribution in [3.8, 4) is 5.82 Å². The highest BCUT2D eigenvalue weighted by Gasteiger charge is 2.29. The van der Waals surface area contributed by atoms with Gasteiger partial charge in [-0.15, -0.1) is 10.2 Å². The Bertz CT molecular complexity index is 893. The van der Waals surface area contributed by atoms with Crippen LogP contribution in [0.1, 0.15) is 29.6 Å². The van der Waals surface area contributed by atoms with E-state index >= 15 is 0 Å². The van der Waals surface area contributed by atoms with E-state index < -0.39 is 0 Å². The van der Waals surface area contributed by atoms with E-state index in [1.807, 2.05) is 25.3 Å². The molecule has 1 saturated heterocycles. The third kappa shape index (κ3) is 3.03. The molecule has 26 heavy (non-hydrogen) atoms. The maximum atomic E-state index is 4.63. The number of hydrogen-bond acceptors (Lipinski definition) is 8. The lowest BCUT2D eigenvalue weighted by molar-refractivity contribution is 0.641. The van der Waals surface area contributed by atoms with Gasteiger partial charge in [-0.3, -0.25) is 0 Å². The molecule has 134 valence electrons. The van der Waals surface area contributed by atoms with Crippen molar-refractivity contribution in [2.75, 3.05) is 36.0 Å². The van der Waals surface area contributed by atoms with Gasteiger partial charge in [0, 0.05) is 50.6 Å². The van der Waals surface area contributed by atoms with Gasteiger partial charge < -0.3 is 9.80 Å².